The molecule has 3 N–H and O–H groups in total. The van der Waals surface area contributed by atoms with Gasteiger partial charge in [0.1, 0.15) is 25.3 Å². The van der Waals surface area contributed by atoms with Gasteiger partial charge in [0, 0.05) is 23.9 Å². The number of fused-ring (bicyclic) bond motifs is 1. The maximum absolute atomic E-state index is 14.2. The summed E-state index contributed by atoms with van der Waals surface area (Å²) in [6, 6.07) is 8.46. The Labute approximate surface area is 256 Å². The molecule has 0 aliphatic heterocycles. The van der Waals surface area contributed by atoms with Gasteiger partial charge in [-0.3, -0.25) is 13.9 Å². The molecule has 0 saturated carbocycles. The zero-order valence-corrected chi connectivity index (χ0v) is 24.1. The summed E-state index contributed by atoms with van der Waals surface area (Å²) in [6.45, 7) is -0.849. The van der Waals surface area contributed by atoms with Crippen molar-refractivity contribution in [3.8, 4) is 22.6 Å². The fourth-order valence-corrected chi connectivity index (χ4v) is 4.64. The Kier molecular flexibility index (Phi) is 9.18. The van der Waals surface area contributed by atoms with Crippen molar-refractivity contribution >= 4 is 41.0 Å². The molecule has 2 aromatic heterocycles. The number of halogens is 5. The van der Waals surface area contributed by atoms with E-state index in [9.17, 15) is 37.1 Å². The lowest BCUT2D eigenvalue weighted by atomic mass is 9.95. The lowest BCUT2D eigenvalue weighted by molar-refractivity contribution is -0.137. The number of aryl methyl sites for hydroxylation is 1. The highest BCUT2D eigenvalue weighted by atomic mass is 35.5. The number of amides is 1. The molecule has 12 nitrogen and oxygen atoms in total. The molecule has 0 aliphatic rings. The van der Waals surface area contributed by atoms with E-state index in [0.717, 1.165) is 33.4 Å². The second-order valence-electron chi connectivity index (χ2n) is 9.45. The van der Waals surface area contributed by atoms with Crippen molar-refractivity contribution < 1.29 is 41.7 Å². The lowest BCUT2D eigenvalue weighted by Crippen LogP contribution is -2.28. The fraction of sp³-hybridized carbons (Fsp3) is 0.179. The molecule has 0 unspecified atom stereocenters. The van der Waals surface area contributed by atoms with E-state index in [2.05, 4.69) is 20.5 Å². The van der Waals surface area contributed by atoms with Gasteiger partial charge in [0.2, 0.25) is 5.91 Å². The number of nitrogens with one attached hydrogen (secondary N) is 2. The van der Waals surface area contributed by atoms with E-state index in [4.69, 9.17) is 9.47 Å². The summed E-state index contributed by atoms with van der Waals surface area (Å²) in [6.07, 6.45) is -3.60. The molecule has 3 aromatic carbocycles. The van der Waals surface area contributed by atoms with Crippen molar-refractivity contribution in [1.82, 2.24) is 24.3 Å². The topological polar surface area (TPSA) is 153 Å². The molecule has 0 atom stereocenters. The predicted octanol–water partition coefficient (Wildman–Crippen LogP) is 4.63. The van der Waals surface area contributed by atoms with Gasteiger partial charge >= 0.3 is 17.8 Å². The van der Waals surface area contributed by atoms with Crippen molar-refractivity contribution in [2.24, 2.45) is 7.05 Å². The highest BCUT2D eigenvalue weighted by molar-refractivity contribution is 6.03. The van der Waals surface area contributed by atoms with Crippen LogP contribution in [0.25, 0.3) is 22.2 Å². The van der Waals surface area contributed by atoms with E-state index < -0.39 is 47.2 Å². The highest BCUT2D eigenvalue weighted by Gasteiger charge is 2.34. The molecule has 0 spiro atoms. The number of ether oxygens (including phenoxy) is 2. The van der Waals surface area contributed by atoms with Gasteiger partial charge in [-0.05, 0) is 48.5 Å². The third-order valence-corrected chi connectivity index (χ3v) is 6.65. The van der Waals surface area contributed by atoms with Gasteiger partial charge in [0.05, 0.1) is 29.3 Å². The monoisotopic (exact) mass is 650 g/mol. The number of methoxy groups -OCH3 is 1. The summed E-state index contributed by atoms with van der Waals surface area (Å²) < 4.78 is 68.6. The van der Waals surface area contributed by atoms with Crippen LogP contribution in [0.3, 0.4) is 0 Å². The van der Waals surface area contributed by atoms with Crippen LogP contribution in [0.5, 0.6) is 11.5 Å². The van der Waals surface area contributed by atoms with E-state index in [1.165, 1.54) is 38.7 Å². The Morgan fingerprint density at radius 3 is 2.38 bits per heavy atom. The van der Waals surface area contributed by atoms with Gasteiger partial charge in [0.25, 0.3) is 0 Å². The first-order valence-corrected chi connectivity index (χ1v) is 12.7. The summed E-state index contributed by atoms with van der Waals surface area (Å²) in [5, 5.41) is 19.9. The Bertz CT molecular complexity index is 1940. The second-order valence-corrected chi connectivity index (χ2v) is 9.45. The quantitative estimate of drug-likeness (QED) is 0.195. The molecule has 5 rings (SSSR count). The molecular weight excluding hydrogens is 628 g/mol. The Hall–Kier alpha value is -5.38. The molecule has 1 amide bonds. The number of aromatic carboxylic acids is 1. The molecular formula is C28H23ClF4N6O6. The minimum absolute atomic E-state index is 0. The van der Waals surface area contributed by atoms with Crippen molar-refractivity contribution in [2.45, 2.75) is 19.3 Å². The van der Waals surface area contributed by atoms with Gasteiger partial charge in [-0.15, -0.1) is 22.6 Å². The van der Waals surface area contributed by atoms with Crippen LogP contribution in [0.15, 0.2) is 59.7 Å². The molecule has 0 radical (unpaired) electrons. The van der Waals surface area contributed by atoms with Crippen LogP contribution in [-0.2, 0) is 31.2 Å². The van der Waals surface area contributed by atoms with Crippen LogP contribution in [0.2, 0.25) is 0 Å². The molecule has 0 fully saturated rings. The van der Waals surface area contributed by atoms with Crippen LogP contribution in [0, 0.1) is 5.82 Å². The number of hydrogen-bond acceptors (Lipinski definition) is 7. The number of anilines is 1. The molecule has 45 heavy (non-hydrogen) atoms. The van der Waals surface area contributed by atoms with Gasteiger partial charge in [0.15, 0.2) is 17.3 Å². The first kappa shape index (κ1) is 32.5. The van der Waals surface area contributed by atoms with Gasteiger partial charge in [-0.1, -0.05) is 0 Å². The maximum atomic E-state index is 14.2. The first-order chi connectivity index (χ1) is 20.9. The number of aromatic amines is 1. The maximum Gasteiger partial charge on any atom is 0.416 e. The summed E-state index contributed by atoms with van der Waals surface area (Å²) in [7, 11) is 2.54. The molecule has 5 aromatic rings. The number of carbonyl (C=O) groups is 2. The summed E-state index contributed by atoms with van der Waals surface area (Å²) >= 11 is 0. The highest BCUT2D eigenvalue weighted by Crippen LogP contribution is 2.42. The van der Waals surface area contributed by atoms with E-state index in [0.29, 0.717) is 11.9 Å². The zero-order chi connectivity index (χ0) is 31.8. The number of benzene rings is 3. The summed E-state index contributed by atoms with van der Waals surface area (Å²) in [5.41, 5.74) is -3.11. The van der Waals surface area contributed by atoms with Crippen LogP contribution < -0.4 is 20.5 Å². The van der Waals surface area contributed by atoms with Crippen LogP contribution in [0.1, 0.15) is 21.7 Å². The number of alkyl halides is 3. The SMILES string of the molecule is COc1cc(-c2cc(C(F)(F)F)cc3c2n(C)c(=O)n3CC(=O)Nc2ccc(F)cc2)c(C(=O)O)cc1OCc1nnc[nH]1.Cl. The smallest absolute Gasteiger partial charge is 0.416 e. The number of carboxylic acid groups (broad SMARTS) is 1. The number of hydrogen-bond donors (Lipinski definition) is 3. The zero-order valence-electron chi connectivity index (χ0n) is 23.3. The van der Waals surface area contributed by atoms with Crippen LogP contribution in [-0.4, -0.2) is 48.4 Å². The Balaban J connectivity index is 0.00000461. The number of rotatable bonds is 9. The predicted molar refractivity (Wildman–Crippen MR) is 154 cm³/mol. The van der Waals surface area contributed by atoms with E-state index in [1.807, 2.05) is 0 Å². The Morgan fingerprint density at radius 1 is 1.07 bits per heavy atom. The van der Waals surface area contributed by atoms with Crippen molar-refractivity contribution in [2.75, 3.05) is 12.4 Å². The average molecular weight is 651 g/mol. The standard InChI is InChI=1S/C28H22F4N6O6.ClH/c1-37-25-18(17-9-21(43-2)22(10-19(17)26(40)41)44-12-23-33-13-34-36-23)7-14(28(30,31)32)8-20(25)38(27(37)42)11-24(39)35-16-5-3-15(29)4-6-16;/h3-10,13H,11-12H2,1-2H3,(H,35,39)(H,40,41)(H,33,34,36);1H. The second kappa shape index (κ2) is 12.7. The first-order valence-electron chi connectivity index (χ1n) is 12.7. The van der Waals surface area contributed by atoms with Crippen molar-refractivity contribution in [1.29, 1.82) is 0 Å². The van der Waals surface area contributed by atoms with E-state index in [1.54, 1.807) is 0 Å². The van der Waals surface area contributed by atoms with E-state index >= 15 is 0 Å². The minimum atomic E-state index is -4.91. The third kappa shape index (κ3) is 6.59. The summed E-state index contributed by atoms with van der Waals surface area (Å²) in [4.78, 5) is 41.2. The number of carbonyl (C=O) groups excluding carboxylic acids is 1. The van der Waals surface area contributed by atoms with Gasteiger partial charge in [-0.25, -0.2) is 14.0 Å². The largest absolute Gasteiger partial charge is 0.493 e. The van der Waals surface area contributed by atoms with Crippen molar-refractivity contribution in [3.05, 3.63) is 88.1 Å². The number of aromatic nitrogens is 5. The third-order valence-electron chi connectivity index (χ3n) is 6.65. The number of nitrogens with zero attached hydrogens (tertiary/aromatic N) is 4. The number of imidazole rings is 1. The van der Waals surface area contributed by atoms with Crippen LogP contribution >= 0.6 is 12.4 Å². The fourth-order valence-electron chi connectivity index (χ4n) is 4.64. The average Bonchev–Trinajstić information content (AvgIpc) is 3.59. The Morgan fingerprint density at radius 2 is 1.78 bits per heavy atom. The lowest BCUT2D eigenvalue weighted by Gasteiger charge is -2.17. The number of H-pyrrole nitrogens is 1. The van der Waals surface area contributed by atoms with E-state index in [-0.39, 0.29) is 58.4 Å². The van der Waals surface area contributed by atoms with Gasteiger partial charge < -0.3 is 24.9 Å². The molecule has 17 heteroatoms. The molecule has 236 valence electrons. The minimum Gasteiger partial charge on any atom is -0.493 e. The molecule has 2 heterocycles. The molecule has 0 aliphatic carbocycles. The molecule has 0 bridgehead atoms. The number of carboxylic acids is 1. The van der Waals surface area contributed by atoms with Crippen LogP contribution in [0.4, 0.5) is 23.2 Å². The van der Waals surface area contributed by atoms with Gasteiger partial charge in [-0.2, -0.15) is 13.2 Å². The molecule has 0 saturated heterocycles. The summed E-state index contributed by atoms with van der Waals surface area (Å²) in [5.74, 6) is -2.57. The normalized spacial score (nSPS) is 11.2. The van der Waals surface area contributed by atoms with Crippen molar-refractivity contribution in [3.63, 3.8) is 0 Å².